The van der Waals surface area contributed by atoms with Gasteiger partial charge in [-0.1, -0.05) is 0 Å². The SMILES string of the molecule is CC1CN(c2cc(NC3CC3)n3ncc(/C=C4\NC(=O)NC4=O)c3n2)CC(C)O1. The third-order valence-corrected chi connectivity index (χ3v) is 5.18. The first-order valence-corrected chi connectivity index (χ1v) is 9.86. The second-order valence-corrected chi connectivity index (χ2v) is 7.88. The van der Waals surface area contributed by atoms with Crippen molar-refractivity contribution in [2.75, 3.05) is 23.3 Å². The zero-order valence-corrected chi connectivity index (χ0v) is 16.3. The first kappa shape index (κ1) is 17.9. The molecule has 29 heavy (non-hydrogen) atoms. The molecular formula is C19H23N7O3. The van der Waals surface area contributed by atoms with Gasteiger partial charge in [-0.3, -0.25) is 10.1 Å². The van der Waals surface area contributed by atoms with Gasteiger partial charge in [0.15, 0.2) is 5.65 Å². The van der Waals surface area contributed by atoms with Gasteiger partial charge < -0.3 is 20.3 Å². The lowest BCUT2D eigenvalue weighted by Gasteiger charge is -2.36. The number of aromatic nitrogens is 3. The van der Waals surface area contributed by atoms with E-state index in [0.29, 0.717) is 17.3 Å². The fraction of sp³-hybridized carbons (Fsp3) is 0.474. The Kier molecular flexibility index (Phi) is 4.16. The molecule has 152 valence electrons. The summed E-state index contributed by atoms with van der Waals surface area (Å²) in [6, 6.07) is 1.94. The van der Waals surface area contributed by atoms with Crippen LogP contribution in [-0.2, 0) is 9.53 Å². The van der Waals surface area contributed by atoms with Gasteiger partial charge in [-0.25, -0.2) is 9.78 Å². The molecule has 2 unspecified atom stereocenters. The minimum absolute atomic E-state index is 0.112. The van der Waals surface area contributed by atoms with Gasteiger partial charge >= 0.3 is 6.03 Å². The summed E-state index contributed by atoms with van der Waals surface area (Å²) in [5.41, 5.74) is 1.47. The molecule has 2 aromatic heterocycles. The number of carbonyl (C=O) groups excluding carboxylic acids is 2. The Morgan fingerprint density at radius 2 is 1.97 bits per heavy atom. The standard InChI is InChI=1S/C19H23N7O3/c1-10-8-25(9-11(2)29-10)15-6-16(21-13-3-4-13)26-17(23-15)12(7-20-26)5-14-18(27)24-19(28)22-14/h5-7,10-11,13,21H,3-4,8-9H2,1-2H3,(H2,22,24,27,28)/b14-5-. The molecule has 10 nitrogen and oxygen atoms in total. The monoisotopic (exact) mass is 397 g/mol. The minimum Gasteiger partial charge on any atom is -0.372 e. The van der Waals surface area contributed by atoms with E-state index in [2.05, 4.69) is 39.8 Å². The van der Waals surface area contributed by atoms with Crippen molar-refractivity contribution in [2.24, 2.45) is 0 Å². The smallest absolute Gasteiger partial charge is 0.326 e. The minimum atomic E-state index is -0.529. The third-order valence-electron chi connectivity index (χ3n) is 5.18. The van der Waals surface area contributed by atoms with Gasteiger partial charge in [0.1, 0.15) is 17.3 Å². The zero-order valence-electron chi connectivity index (χ0n) is 16.3. The summed E-state index contributed by atoms with van der Waals surface area (Å²) in [5.74, 6) is 1.24. The summed E-state index contributed by atoms with van der Waals surface area (Å²) in [6.07, 6.45) is 5.75. The zero-order chi connectivity index (χ0) is 20.1. The first-order chi connectivity index (χ1) is 14.0. The summed E-state index contributed by atoms with van der Waals surface area (Å²) in [4.78, 5) is 30.4. The van der Waals surface area contributed by atoms with E-state index in [-0.39, 0.29) is 17.9 Å². The van der Waals surface area contributed by atoms with Gasteiger partial charge in [0.05, 0.1) is 18.4 Å². The summed E-state index contributed by atoms with van der Waals surface area (Å²) in [6.45, 7) is 5.61. The van der Waals surface area contributed by atoms with Gasteiger partial charge in [0.2, 0.25) is 0 Å². The number of carbonyl (C=O) groups is 2. The van der Waals surface area contributed by atoms with Crippen molar-refractivity contribution in [3.8, 4) is 0 Å². The molecule has 1 saturated carbocycles. The number of hydrogen-bond acceptors (Lipinski definition) is 7. The lowest BCUT2D eigenvalue weighted by molar-refractivity contribution is -0.115. The molecule has 5 rings (SSSR count). The van der Waals surface area contributed by atoms with E-state index < -0.39 is 11.9 Å². The molecule has 0 spiro atoms. The first-order valence-electron chi connectivity index (χ1n) is 9.86. The number of rotatable bonds is 4. The number of nitrogens with zero attached hydrogens (tertiary/aromatic N) is 4. The van der Waals surface area contributed by atoms with Crippen molar-refractivity contribution in [3.05, 3.63) is 23.5 Å². The molecule has 2 aromatic rings. The van der Waals surface area contributed by atoms with E-state index in [9.17, 15) is 9.59 Å². The molecule has 2 saturated heterocycles. The fourth-order valence-corrected chi connectivity index (χ4v) is 3.77. The Hall–Kier alpha value is -3.14. The fourth-order valence-electron chi connectivity index (χ4n) is 3.77. The molecule has 1 aliphatic carbocycles. The Morgan fingerprint density at radius 3 is 2.62 bits per heavy atom. The Labute approximate surface area is 167 Å². The number of imide groups is 1. The van der Waals surface area contributed by atoms with Crippen LogP contribution in [0.4, 0.5) is 16.4 Å². The molecule has 4 heterocycles. The number of morpholine rings is 1. The number of anilines is 2. The molecule has 0 aromatic carbocycles. The normalized spacial score (nSPS) is 26.1. The van der Waals surface area contributed by atoms with E-state index in [1.807, 2.05) is 6.07 Å². The van der Waals surface area contributed by atoms with E-state index >= 15 is 0 Å². The molecule has 0 radical (unpaired) electrons. The Bertz CT molecular complexity index is 1020. The molecular weight excluding hydrogens is 374 g/mol. The summed E-state index contributed by atoms with van der Waals surface area (Å²) in [7, 11) is 0. The van der Waals surface area contributed by atoms with E-state index in [4.69, 9.17) is 9.72 Å². The van der Waals surface area contributed by atoms with Crippen LogP contribution in [0.1, 0.15) is 32.3 Å². The van der Waals surface area contributed by atoms with Crippen LogP contribution in [0.25, 0.3) is 11.7 Å². The summed E-state index contributed by atoms with van der Waals surface area (Å²) >= 11 is 0. The number of urea groups is 1. The molecule has 3 N–H and O–H groups in total. The predicted molar refractivity (Wildman–Crippen MR) is 107 cm³/mol. The number of hydrogen-bond donors (Lipinski definition) is 3. The highest BCUT2D eigenvalue weighted by Crippen LogP contribution is 2.29. The van der Waals surface area contributed by atoms with Gasteiger partial charge in [-0.15, -0.1) is 0 Å². The van der Waals surface area contributed by atoms with Crippen LogP contribution in [0.5, 0.6) is 0 Å². The largest absolute Gasteiger partial charge is 0.372 e. The average Bonchev–Trinajstić information content (AvgIpc) is 3.29. The molecule has 2 aliphatic heterocycles. The van der Waals surface area contributed by atoms with E-state index in [1.165, 1.54) is 0 Å². The van der Waals surface area contributed by atoms with Crippen LogP contribution >= 0.6 is 0 Å². The number of ether oxygens (including phenoxy) is 1. The highest BCUT2D eigenvalue weighted by atomic mass is 16.5. The van der Waals surface area contributed by atoms with Crippen LogP contribution in [0.15, 0.2) is 18.0 Å². The maximum absolute atomic E-state index is 11.9. The van der Waals surface area contributed by atoms with Gasteiger partial charge in [-0.05, 0) is 32.8 Å². The predicted octanol–water partition coefficient (Wildman–Crippen LogP) is 1.10. The van der Waals surface area contributed by atoms with Gasteiger partial charge in [-0.2, -0.15) is 9.61 Å². The van der Waals surface area contributed by atoms with Crippen molar-refractivity contribution in [1.29, 1.82) is 0 Å². The van der Waals surface area contributed by atoms with E-state index in [1.54, 1.807) is 16.8 Å². The maximum atomic E-state index is 11.9. The maximum Gasteiger partial charge on any atom is 0.326 e. The molecule has 3 fully saturated rings. The van der Waals surface area contributed by atoms with Crippen molar-refractivity contribution >= 4 is 35.3 Å². The summed E-state index contributed by atoms with van der Waals surface area (Å²) in [5, 5.41) is 12.7. The van der Waals surface area contributed by atoms with Crippen molar-refractivity contribution < 1.29 is 14.3 Å². The van der Waals surface area contributed by atoms with Gasteiger partial charge in [0, 0.05) is 30.8 Å². The van der Waals surface area contributed by atoms with Gasteiger partial charge in [0.25, 0.3) is 5.91 Å². The quantitative estimate of drug-likeness (QED) is 0.523. The molecule has 10 heteroatoms. The highest BCUT2D eigenvalue weighted by molar-refractivity contribution is 6.14. The van der Waals surface area contributed by atoms with Crippen LogP contribution in [0, 0.1) is 0 Å². The lowest BCUT2D eigenvalue weighted by atomic mass is 10.2. The highest BCUT2D eigenvalue weighted by Gasteiger charge is 2.28. The van der Waals surface area contributed by atoms with Crippen LogP contribution < -0.4 is 20.9 Å². The average molecular weight is 397 g/mol. The lowest BCUT2D eigenvalue weighted by Crippen LogP contribution is -2.45. The summed E-state index contributed by atoms with van der Waals surface area (Å²) < 4.78 is 7.60. The second kappa shape index (κ2) is 6.73. The van der Waals surface area contributed by atoms with Crippen molar-refractivity contribution in [1.82, 2.24) is 25.2 Å². The second-order valence-electron chi connectivity index (χ2n) is 7.88. The topological polar surface area (TPSA) is 113 Å². The molecule has 0 bridgehead atoms. The van der Waals surface area contributed by atoms with Crippen molar-refractivity contribution in [3.63, 3.8) is 0 Å². The molecule has 2 atom stereocenters. The molecule has 3 aliphatic rings. The van der Waals surface area contributed by atoms with E-state index in [0.717, 1.165) is 37.6 Å². The number of fused-ring (bicyclic) bond motifs is 1. The third kappa shape index (κ3) is 3.51. The van der Waals surface area contributed by atoms with Crippen LogP contribution in [-0.4, -0.2) is 57.9 Å². The number of amides is 3. The van der Waals surface area contributed by atoms with Crippen LogP contribution in [0.2, 0.25) is 0 Å². The number of nitrogens with one attached hydrogen (secondary N) is 3. The Morgan fingerprint density at radius 1 is 1.21 bits per heavy atom. The van der Waals surface area contributed by atoms with Crippen LogP contribution in [0.3, 0.4) is 0 Å². The molecule has 3 amide bonds. The Balaban J connectivity index is 1.58. The van der Waals surface area contributed by atoms with Crippen molar-refractivity contribution in [2.45, 2.75) is 44.9 Å².